The van der Waals surface area contributed by atoms with Crippen molar-refractivity contribution in [2.24, 2.45) is 0 Å². The van der Waals surface area contributed by atoms with Gasteiger partial charge in [0.2, 0.25) is 0 Å². The lowest BCUT2D eigenvalue weighted by molar-refractivity contribution is -0.0850. The molecule has 0 N–H and O–H groups in total. The third kappa shape index (κ3) is 1.73. The van der Waals surface area contributed by atoms with E-state index in [0.717, 1.165) is 36.5 Å². The van der Waals surface area contributed by atoms with Gasteiger partial charge < -0.3 is 9.64 Å². The fourth-order valence-corrected chi connectivity index (χ4v) is 4.41. The molecule has 4 heterocycles. The second-order valence-electron chi connectivity index (χ2n) is 4.96. The van der Waals surface area contributed by atoms with Crippen molar-refractivity contribution < 1.29 is 4.74 Å². The Balaban J connectivity index is 1.86. The summed E-state index contributed by atoms with van der Waals surface area (Å²) in [6, 6.07) is 1.89. The van der Waals surface area contributed by atoms with Crippen molar-refractivity contribution in [2.75, 3.05) is 24.7 Å². The lowest BCUT2D eigenvalue weighted by Gasteiger charge is -2.57. The van der Waals surface area contributed by atoms with Gasteiger partial charge in [-0.25, -0.2) is 9.44 Å². The molecule has 100 valence electrons. The van der Waals surface area contributed by atoms with E-state index in [1.54, 1.807) is 0 Å². The maximum Gasteiger partial charge on any atom is 0.161 e. The predicted molar refractivity (Wildman–Crippen MR) is 85.8 cm³/mol. The average molecular weight is 409 g/mol. The monoisotopic (exact) mass is 408 g/mol. The number of aromatic nitrogens is 3. The summed E-state index contributed by atoms with van der Waals surface area (Å²) >= 11 is 8.33. The molecule has 0 aliphatic carbocycles. The van der Waals surface area contributed by atoms with Gasteiger partial charge in [0, 0.05) is 18.8 Å². The fourth-order valence-electron chi connectivity index (χ4n) is 2.74. The summed E-state index contributed by atoms with van der Waals surface area (Å²) in [6.07, 6.45) is 3.57. The standard InChI is InChI=1S/C11H11ClIN4OP/c12-9-3-8-7(4-14-9)10(15-17(8)19-13)16-2-1-11(16)5-18-6-11/h3-4,19H,1-2,5-6H2. The third-order valence-electron chi connectivity index (χ3n) is 3.96. The summed E-state index contributed by atoms with van der Waals surface area (Å²) in [6.45, 7) is 2.67. The first kappa shape index (κ1) is 12.6. The van der Waals surface area contributed by atoms with Gasteiger partial charge in [-0.3, -0.25) is 0 Å². The molecule has 2 aromatic heterocycles. The van der Waals surface area contributed by atoms with Crippen molar-refractivity contribution in [2.45, 2.75) is 12.0 Å². The van der Waals surface area contributed by atoms with Crippen molar-refractivity contribution in [3.8, 4) is 0 Å². The Morgan fingerprint density at radius 3 is 2.89 bits per heavy atom. The second-order valence-corrected chi connectivity index (χ2v) is 7.39. The number of ether oxygens (including phenoxy) is 1. The van der Waals surface area contributed by atoms with Crippen LogP contribution in [0.5, 0.6) is 0 Å². The summed E-state index contributed by atoms with van der Waals surface area (Å²) in [5.41, 5.74) is 1.25. The highest BCUT2D eigenvalue weighted by Gasteiger charge is 2.52. The van der Waals surface area contributed by atoms with Crippen LogP contribution in [0.3, 0.4) is 0 Å². The van der Waals surface area contributed by atoms with Crippen LogP contribution in [0.4, 0.5) is 5.82 Å². The predicted octanol–water partition coefficient (Wildman–Crippen LogP) is 2.86. The minimum absolute atomic E-state index is 0.195. The molecule has 0 amide bonds. The highest BCUT2D eigenvalue weighted by atomic mass is 127. The molecule has 2 saturated heterocycles. The van der Waals surface area contributed by atoms with Gasteiger partial charge in [-0.15, -0.1) is 5.10 Å². The Morgan fingerprint density at radius 1 is 1.47 bits per heavy atom. The summed E-state index contributed by atoms with van der Waals surface area (Å²) < 4.78 is 7.39. The Labute approximate surface area is 130 Å². The largest absolute Gasteiger partial charge is 0.376 e. The van der Waals surface area contributed by atoms with Crippen LogP contribution in [0.2, 0.25) is 5.15 Å². The smallest absolute Gasteiger partial charge is 0.161 e. The van der Waals surface area contributed by atoms with E-state index in [0.29, 0.717) is 11.5 Å². The van der Waals surface area contributed by atoms with E-state index in [9.17, 15) is 0 Å². The first-order chi connectivity index (χ1) is 9.23. The first-order valence-electron chi connectivity index (χ1n) is 6.00. The summed E-state index contributed by atoms with van der Waals surface area (Å²) in [5, 5.41) is 6.34. The van der Waals surface area contributed by atoms with Crippen molar-refractivity contribution in [1.82, 2.24) is 14.5 Å². The molecule has 0 aromatic carbocycles. The topological polar surface area (TPSA) is 43.2 Å². The Hall–Kier alpha value is -0.170. The molecular formula is C11H11ClIN4OP. The molecule has 19 heavy (non-hydrogen) atoms. The highest BCUT2D eigenvalue weighted by molar-refractivity contribution is 14.2. The van der Waals surface area contributed by atoms with E-state index >= 15 is 0 Å². The van der Waals surface area contributed by atoms with E-state index in [1.165, 1.54) is 6.42 Å². The lowest BCUT2D eigenvalue weighted by Crippen LogP contribution is -2.71. The van der Waals surface area contributed by atoms with Gasteiger partial charge in [-0.2, -0.15) is 0 Å². The van der Waals surface area contributed by atoms with Crippen molar-refractivity contribution in [3.05, 3.63) is 17.4 Å². The molecule has 8 heteroatoms. The van der Waals surface area contributed by atoms with Crippen molar-refractivity contribution in [1.29, 1.82) is 0 Å². The first-order valence-corrected chi connectivity index (χ1v) is 10.4. The van der Waals surface area contributed by atoms with E-state index in [1.807, 2.05) is 16.7 Å². The van der Waals surface area contributed by atoms with Crippen LogP contribution in [-0.4, -0.2) is 39.8 Å². The Bertz CT molecular complexity index is 654. The van der Waals surface area contributed by atoms with Gasteiger partial charge in [-0.1, -0.05) is 11.6 Å². The summed E-state index contributed by atoms with van der Waals surface area (Å²) in [7, 11) is 0. The van der Waals surface area contributed by atoms with Crippen LogP contribution in [0.1, 0.15) is 6.42 Å². The minimum Gasteiger partial charge on any atom is -0.376 e. The number of rotatable bonds is 2. The normalized spacial score (nSPS) is 21.3. The van der Waals surface area contributed by atoms with Crippen LogP contribution in [0.25, 0.3) is 10.9 Å². The molecule has 5 nitrogen and oxygen atoms in total. The average Bonchev–Trinajstić information content (AvgIpc) is 2.64. The minimum atomic E-state index is 0.195. The van der Waals surface area contributed by atoms with Crippen LogP contribution in [0.15, 0.2) is 12.3 Å². The molecule has 2 fully saturated rings. The molecule has 0 saturated carbocycles. The highest BCUT2D eigenvalue weighted by Crippen LogP contribution is 2.44. The fraction of sp³-hybridized carbons (Fsp3) is 0.455. The zero-order chi connectivity index (χ0) is 13.0. The maximum absolute atomic E-state index is 5.99. The molecule has 2 aliphatic heterocycles. The van der Waals surface area contributed by atoms with Crippen LogP contribution < -0.4 is 4.90 Å². The Morgan fingerprint density at radius 2 is 2.32 bits per heavy atom. The quantitative estimate of drug-likeness (QED) is 0.435. The number of halogens is 2. The molecule has 0 radical (unpaired) electrons. The van der Waals surface area contributed by atoms with E-state index in [4.69, 9.17) is 21.4 Å². The zero-order valence-electron chi connectivity index (χ0n) is 9.94. The number of pyridine rings is 1. The van der Waals surface area contributed by atoms with Crippen molar-refractivity contribution in [3.63, 3.8) is 0 Å². The number of hydrogen-bond donors (Lipinski definition) is 0. The second kappa shape index (κ2) is 4.41. The van der Waals surface area contributed by atoms with Crippen molar-refractivity contribution >= 4 is 56.7 Å². The molecule has 2 aliphatic rings. The third-order valence-corrected chi connectivity index (χ3v) is 6.04. The Kier molecular flexibility index (Phi) is 2.92. The lowest BCUT2D eigenvalue weighted by atomic mass is 9.82. The molecule has 4 rings (SSSR count). The van der Waals surface area contributed by atoms with Crippen LogP contribution in [-0.2, 0) is 4.74 Å². The molecule has 1 unspecified atom stereocenters. The van der Waals surface area contributed by atoms with Crippen LogP contribution in [0, 0.1) is 0 Å². The van der Waals surface area contributed by atoms with Gasteiger partial charge in [0.25, 0.3) is 0 Å². The van der Waals surface area contributed by atoms with Crippen LogP contribution >= 0.6 is 40.0 Å². The zero-order valence-corrected chi connectivity index (χ0v) is 13.8. The summed E-state index contributed by atoms with van der Waals surface area (Å²) in [4.78, 5) is 6.57. The number of nitrogens with zero attached hydrogens (tertiary/aromatic N) is 4. The SMILES string of the molecule is Clc1cc2c(cn1)c(N1CCC13COC3)nn2PI. The van der Waals surface area contributed by atoms with E-state index in [2.05, 4.69) is 31.9 Å². The number of hydrogen-bond acceptors (Lipinski definition) is 4. The molecule has 0 bridgehead atoms. The molecular weight excluding hydrogens is 397 g/mol. The van der Waals surface area contributed by atoms with E-state index in [-0.39, 0.29) is 5.54 Å². The van der Waals surface area contributed by atoms with Gasteiger partial charge in [0.05, 0.1) is 36.0 Å². The number of anilines is 1. The van der Waals surface area contributed by atoms with Gasteiger partial charge in [-0.05, 0) is 28.5 Å². The van der Waals surface area contributed by atoms with E-state index < -0.39 is 0 Å². The molecule has 1 atom stereocenters. The van der Waals surface area contributed by atoms with Gasteiger partial charge in [0.1, 0.15) is 5.15 Å². The molecule has 1 spiro atoms. The van der Waals surface area contributed by atoms with Gasteiger partial charge >= 0.3 is 0 Å². The summed E-state index contributed by atoms with van der Waals surface area (Å²) in [5.74, 6) is 1.03. The number of fused-ring (bicyclic) bond motifs is 1. The molecule has 2 aromatic rings. The maximum atomic E-state index is 5.99. The van der Waals surface area contributed by atoms with Gasteiger partial charge in [0.15, 0.2) is 5.82 Å².